The fraction of sp³-hybridized carbons (Fsp3) is 0.423. The van der Waals surface area contributed by atoms with Gasteiger partial charge >= 0.3 is 5.97 Å². The van der Waals surface area contributed by atoms with E-state index in [4.69, 9.17) is 23.7 Å². The van der Waals surface area contributed by atoms with E-state index in [0.717, 1.165) is 36.8 Å². The van der Waals surface area contributed by atoms with Crippen molar-refractivity contribution in [3.05, 3.63) is 59.2 Å². The Morgan fingerprint density at radius 3 is 1.81 bits per heavy atom. The fourth-order valence-corrected chi connectivity index (χ4v) is 3.48. The van der Waals surface area contributed by atoms with Crippen molar-refractivity contribution in [2.45, 2.75) is 39.0 Å². The summed E-state index contributed by atoms with van der Waals surface area (Å²) in [5, 5.41) is 0. The van der Waals surface area contributed by atoms with E-state index in [1.165, 1.54) is 0 Å². The number of hydrogen-bond donors (Lipinski definition) is 0. The molecule has 32 heavy (non-hydrogen) atoms. The van der Waals surface area contributed by atoms with Gasteiger partial charge in [0.1, 0.15) is 0 Å². The molecule has 0 N–H and O–H groups in total. The molecule has 0 saturated heterocycles. The quantitative estimate of drug-likeness (QED) is 0.315. The highest BCUT2D eigenvalue weighted by Gasteiger charge is 2.12. The summed E-state index contributed by atoms with van der Waals surface area (Å²) >= 11 is 0. The number of ether oxygens (including phenoxy) is 5. The Kier molecular flexibility index (Phi) is 10.4. The Morgan fingerprint density at radius 2 is 1.31 bits per heavy atom. The molecule has 0 unspecified atom stereocenters. The molecule has 2 aromatic carbocycles. The van der Waals surface area contributed by atoms with Crippen LogP contribution < -0.4 is 18.9 Å². The predicted molar refractivity (Wildman–Crippen MR) is 125 cm³/mol. The lowest BCUT2D eigenvalue weighted by atomic mass is 10.0. The second-order valence-corrected chi connectivity index (χ2v) is 7.22. The van der Waals surface area contributed by atoms with Crippen LogP contribution >= 0.6 is 0 Å². The summed E-state index contributed by atoms with van der Waals surface area (Å²) in [5.74, 6) is 2.58. The zero-order valence-corrected chi connectivity index (χ0v) is 19.7. The van der Waals surface area contributed by atoms with E-state index in [1.807, 2.05) is 49.4 Å². The number of carbonyl (C=O) groups is 1. The summed E-state index contributed by atoms with van der Waals surface area (Å²) < 4.78 is 26.6. The molecule has 0 heterocycles. The standard InChI is InChI=1S/C26H34O6/c1-6-32-26(27)21(11-7-9-19-13-15-22(28-2)24(17-19)30-4)12-8-10-20-14-16-23(29-3)25(18-20)31-5/h11,13-18H,6-10,12H2,1-5H3. The van der Waals surface area contributed by atoms with Crippen LogP contribution in [0.25, 0.3) is 0 Å². The average molecular weight is 443 g/mol. The number of rotatable bonds is 13. The highest BCUT2D eigenvalue weighted by molar-refractivity contribution is 5.88. The Balaban J connectivity index is 2.00. The molecule has 0 radical (unpaired) electrons. The summed E-state index contributed by atoms with van der Waals surface area (Å²) in [6, 6.07) is 11.8. The van der Waals surface area contributed by atoms with E-state index in [9.17, 15) is 4.79 Å². The van der Waals surface area contributed by atoms with Gasteiger partial charge in [0.15, 0.2) is 23.0 Å². The molecule has 0 saturated carbocycles. The largest absolute Gasteiger partial charge is 0.493 e. The monoisotopic (exact) mass is 442 g/mol. The first-order valence-electron chi connectivity index (χ1n) is 10.8. The van der Waals surface area contributed by atoms with Gasteiger partial charge in [-0.15, -0.1) is 0 Å². The van der Waals surface area contributed by atoms with Crippen LogP contribution in [0.1, 0.15) is 37.3 Å². The van der Waals surface area contributed by atoms with Crippen LogP contribution in [0, 0.1) is 0 Å². The first kappa shape index (κ1) is 25.1. The molecule has 2 aromatic rings. The van der Waals surface area contributed by atoms with Crippen molar-refractivity contribution in [2.75, 3.05) is 35.0 Å². The fourth-order valence-electron chi connectivity index (χ4n) is 3.48. The number of hydrogen-bond acceptors (Lipinski definition) is 6. The van der Waals surface area contributed by atoms with Crippen molar-refractivity contribution in [1.29, 1.82) is 0 Å². The Morgan fingerprint density at radius 1 is 0.781 bits per heavy atom. The minimum absolute atomic E-state index is 0.243. The predicted octanol–water partition coefficient (Wildman–Crippen LogP) is 5.17. The van der Waals surface area contributed by atoms with Gasteiger partial charge in [0.2, 0.25) is 0 Å². The van der Waals surface area contributed by atoms with Gasteiger partial charge in [-0.25, -0.2) is 4.79 Å². The lowest BCUT2D eigenvalue weighted by molar-refractivity contribution is -0.138. The van der Waals surface area contributed by atoms with Crippen molar-refractivity contribution in [3.8, 4) is 23.0 Å². The number of allylic oxidation sites excluding steroid dienone is 1. The number of methoxy groups -OCH3 is 4. The molecule has 0 aliphatic carbocycles. The Labute approximate surface area is 191 Å². The van der Waals surface area contributed by atoms with E-state index in [2.05, 4.69) is 0 Å². The van der Waals surface area contributed by atoms with Gasteiger partial charge in [-0.05, 0) is 74.4 Å². The molecule has 2 rings (SSSR count). The van der Waals surface area contributed by atoms with Crippen molar-refractivity contribution in [2.24, 2.45) is 0 Å². The second-order valence-electron chi connectivity index (χ2n) is 7.22. The number of carbonyl (C=O) groups excluding carboxylic acids is 1. The molecule has 174 valence electrons. The molecular formula is C26H34O6. The first-order valence-corrected chi connectivity index (χ1v) is 10.8. The average Bonchev–Trinajstić information content (AvgIpc) is 2.82. The topological polar surface area (TPSA) is 63.2 Å². The third kappa shape index (κ3) is 7.22. The highest BCUT2D eigenvalue weighted by atomic mass is 16.5. The van der Waals surface area contributed by atoms with E-state index < -0.39 is 0 Å². The van der Waals surface area contributed by atoms with Crippen LogP contribution in [0.2, 0.25) is 0 Å². The smallest absolute Gasteiger partial charge is 0.333 e. The zero-order valence-electron chi connectivity index (χ0n) is 19.7. The number of benzene rings is 2. The van der Waals surface area contributed by atoms with Gasteiger partial charge in [0, 0.05) is 5.57 Å². The number of aryl methyl sites for hydroxylation is 2. The van der Waals surface area contributed by atoms with Crippen LogP contribution in [0.3, 0.4) is 0 Å². The molecule has 0 aliphatic heterocycles. The Bertz CT molecular complexity index is 903. The van der Waals surface area contributed by atoms with Crippen molar-refractivity contribution >= 4 is 5.97 Å². The van der Waals surface area contributed by atoms with Gasteiger partial charge in [0.05, 0.1) is 35.0 Å². The van der Waals surface area contributed by atoms with Gasteiger partial charge in [-0.3, -0.25) is 0 Å². The SMILES string of the molecule is CCOC(=O)C(=CCCc1ccc(OC)c(OC)c1)CCCc1ccc(OC)c(OC)c1. The van der Waals surface area contributed by atoms with Crippen LogP contribution in [0.5, 0.6) is 23.0 Å². The van der Waals surface area contributed by atoms with Crippen LogP contribution in [-0.2, 0) is 22.4 Å². The van der Waals surface area contributed by atoms with E-state index in [1.54, 1.807) is 28.4 Å². The molecule has 0 amide bonds. The van der Waals surface area contributed by atoms with Gasteiger partial charge in [-0.2, -0.15) is 0 Å². The molecular weight excluding hydrogens is 408 g/mol. The first-order chi connectivity index (χ1) is 15.6. The van der Waals surface area contributed by atoms with E-state index in [-0.39, 0.29) is 5.97 Å². The maximum Gasteiger partial charge on any atom is 0.333 e. The van der Waals surface area contributed by atoms with Gasteiger partial charge < -0.3 is 23.7 Å². The van der Waals surface area contributed by atoms with Crippen molar-refractivity contribution in [1.82, 2.24) is 0 Å². The highest BCUT2D eigenvalue weighted by Crippen LogP contribution is 2.29. The third-order valence-corrected chi connectivity index (χ3v) is 5.17. The Hall–Kier alpha value is -3.15. The molecule has 0 spiro atoms. The summed E-state index contributed by atoms with van der Waals surface area (Å²) in [4.78, 5) is 12.4. The van der Waals surface area contributed by atoms with Crippen molar-refractivity contribution < 1.29 is 28.5 Å². The van der Waals surface area contributed by atoms with Gasteiger partial charge in [0.25, 0.3) is 0 Å². The summed E-state index contributed by atoms with van der Waals surface area (Å²) in [5.41, 5.74) is 2.97. The normalized spacial score (nSPS) is 11.1. The summed E-state index contributed by atoms with van der Waals surface area (Å²) in [6.07, 6.45) is 5.82. The molecule has 0 aromatic heterocycles. The molecule has 0 aliphatic rings. The van der Waals surface area contributed by atoms with Crippen LogP contribution in [0.15, 0.2) is 48.0 Å². The van der Waals surface area contributed by atoms with Crippen LogP contribution in [0.4, 0.5) is 0 Å². The lowest BCUT2D eigenvalue weighted by Gasteiger charge is -2.11. The minimum Gasteiger partial charge on any atom is -0.493 e. The molecule has 0 fully saturated rings. The van der Waals surface area contributed by atoms with Crippen LogP contribution in [-0.4, -0.2) is 41.0 Å². The minimum atomic E-state index is -0.243. The second kappa shape index (κ2) is 13.3. The zero-order chi connectivity index (χ0) is 23.3. The third-order valence-electron chi connectivity index (χ3n) is 5.17. The molecule has 6 nitrogen and oxygen atoms in total. The summed E-state index contributed by atoms with van der Waals surface area (Å²) in [7, 11) is 6.49. The van der Waals surface area contributed by atoms with Gasteiger partial charge in [-0.1, -0.05) is 18.2 Å². The molecule has 0 atom stereocenters. The molecule has 0 bridgehead atoms. The van der Waals surface area contributed by atoms with E-state index >= 15 is 0 Å². The maximum atomic E-state index is 12.4. The maximum absolute atomic E-state index is 12.4. The number of esters is 1. The lowest BCUT2D eigenvalue weighted by Crippen LogP contribution is -2.08. The summed E-state index contributed by atoms with van der Waals surface area (Å²) in [6.45, 7) is 2.18. The molecule has 6 heteroatoms. The van der Waals surface area contributed by atoms with Crippen molar-refractivity contribution in [3.63, 3.8) is 0 Å². The van der Waals surface area contributed by atoms with E-state index in [0.29, 0.717) is 41.6 Å².